The lowest BCUT2D eigenvalue weighted by Gasteiger charge is -2.02. The van der Waals surface area contributed by atoms with Crippen LogP contribution in [0, 0.1) is 5.92 Å². The van der Waals surface area contributed by atoms with Gasteiger partial charge in [-0.3, -0.25) is 4.57 Å². The van der Waals surface area contributed by atoms with Gasteiger partial charge in [-0.1, -0.05) is 18.5 Å². The summed E-state index contributed by atoms with van der Waals surface area (Å²) in [4.78, 5) is 8.55. The minimum atomic E-state index is 0.462. The maximum absolute atomic E-state index is 5.88. The summed E-state index contributed by atoms with van der Waals surface area (Å²) >= 11 is 5.85. The topological polar surface area (TPSA) is 56.7 Å². The molecule has 2 N–H and O–H groups in total. The van der Waals surface area contributed by atoms with Gasteiger partial charge in [-0.15, -0.1) is 0 Å². The molecule has 4 nitrogen and oxygen atoms in total. The number of pyridine rings is 1. The summed E-state index contributed by atoms with van der Waals surface area (Å²) in [5.41, 5.74) is 7.49. The molecular weight excluding hydrogens is 212 g/mol. The normalized spacial score (nSPS) is 24.7. The number of hydrogen-bond donors (Lipinski definition) is 1. The molecule has 0 aliphatic heterocycles. The van der Waals surface area contributed by atoms with E-state index >= 15 is 0 Å². The van der Waals surface area contributed by atoms with E-state index in [1.54, 1.807) is 12.3 Å². The predicted molar refractivity (Wildman–Crippen MR) is 59.8 cm³/mol. The summed E-state index contributed by atoms with van der Waals surface area (Å²) in [6, 6.07) is 2.26. The molecule has 15 heavy (non-hydrogen) atoms. The zero-order chi connectivity index (χ0) is 10.6. The monoisotopic (exact) mass is 222 g/mol. The number of nitrogens with two attached hydrogens (primary N) is 1. The van der Waals surface area contributed by atoms with E-state index in [-0.39, 0.29) is 0 Å². The fourth-order valence-electron chi connectivity index (χ4n) is 1.96. The van der Waals surface area contributed by atoms with Gasteiger partial charge in [0, 0.05) is 12.2 Å². The van der Waals surface area contributed by atoms with Crippen molar-refractivity contribution >= 4 is 28.7 Å². The lowest BCUT2D eigenvalue weighted by molar-refractivity contribution is 0.709. The average Bonchev–Trinajstić information content (AvgIpc) is 2.77. The lowest BCUT2D eigenvalue weighted by atomic mass is 10.4. The number of nitrogen functional groups attached to an aromatic ring is 1. The SMILES string of the molecule is CC1CC1n1c(N)nc2cc(Cl)cnc21. The van der Waals surface area contributed by atoms with Crippen molar-refractivity contribution in [3.8, 4) is 0 Å². The predicted octanol–water partition coefficient (Wildman–Crippen LogP) is 2.25. The number of aromatic nitrogens is 3. The molecule has 2 heterocycles. The summed E-state index contributed by atoms with van der Waals surface area (Å²) < 4.78 is 2.01. The number of fused-ring (bicyclic) bond motifs is 1. The van der Waals surface area contributed by atoms with Crippen molar-refractivity contribution in [1.29, 1.82) is 0 Å². The molecule has 2 aromatic heterocycles. The van der Waals surface area contributed by atoms with E-state index in [0.29, 0.717) is 22.9 Å². The van der Waals surface area contributed by atoms with E-state index in [2.05, 4.69) is 16.9 Å². The molecule has 3 rings (SSSR count). The van der Waals surface area contributed by atoms with Gasteiger partial charge in [-0.2, -0.15) is 0 Å². The molecule has 0 saturated heterocycles. The van der Waals surface area contributed by atoms with Crippen LogP contribution in [-0.4, -0.2) is 14.5 Å². The molecule has 1 fully saturated rings. The Morgan fingerprint density at radius 1 is 1.60 bits per heavy atom. The van der Waals surface area contributed by atoms with Crippen LogP contribution in [0.25, 0.3) is 11.2 Å². The molecule has 2 aromatic rings. The number of nitrogens with zero attached hydrogens (tertiary/aromatic N) is 3. The van der Waals surface area contributed by atoms with Gasteiger partial charge >= 0.3 is 0 Å². The first kappa shape index (κ1) is 8.97. The Labute approximate surface area is 92.1 Å². The van der Waals surface area contributed by atoms with Crippen LogP contribution in [0.5, 0.6) is 0 Å². The minimum Gasteiger partial charge on any atom is -0.369 e. The molecule has 0 bridgehead atoms. The first-order valence-corrected chi connectivity index (χ1v) is 5.33. The zero-order valence-corrected chi connectivity index (χ0v) is 9.07. The molecule has 0 radical (unpaired) electrons. The number of anilines is 1. The van der Waals surface area contributed by atoms with E-state index in [1.807, 2.05) is 4.57 Å². The van der Waals surface area contributed by atoms with E-state index in [4.69, 9.17) is 17.3 Å². The summed E-state index contributed by atoms with van der Waals surface area (Å²) in [5.74, 6) is 1.20. The maximum Gasteiger partial charge on any atom is 0.202 e. The van der Waals surface area contributed by atoms with E-state index < -0.39 is 0 Å². The van der Waals surface area contributed by atoms with E-state index in [1.165, 1.54) is 0 Å². The van der Waals surface area contributed by atoms with Gasteiger partial charge in [0.15, 0.2) is 5.65 Å². The Hall–Kier alpha value is -1.29. The van der Waals surface area contributed by atoms with Gasteiger partial charge in [0.2, 0.25) is 5.95 Å². The second-order valence-corrected chi connectivity index (χ2v) is 4.55. The first-order valence-electron chi connectivity index (χ1n) is 4.96. The van der Waals surface area contributed by atoms with Crippen molar-refractivity contribution in [2.75, 3.05) is 5.73 Å². The lowest BCUT2D eigenvalue weighted by Crippen LogP contribution is -2.02. The second kappa shape index (κ2) is 2.85. The van der Waals surface area contributed by atoms with Gasteiger partial charge in [0.25, 0.3) is 0 Å². The average molecular weight is 223 g/mol. The van der Waals surface area contributed by atoms with Crippen LogP contribution >= 0.6 is 11.6 Å². The largest absolute Gasteiger partial charge is 0.369 e. The number of imidazole rings is 1. The fraction of sp³-hybridized carbons (Fsp3) is 0.400. The second-order valence-electron chi connectivity index (χ2n) is 4.12. The Balaban J connectivity index is 2.24. The maximum atomic E-state index is 5.88. The number of halogens is 1. The van der Waals surface area contributed by atoms with E-state index in [0.717, 1.165) is 17.6 Å². The Bertz CT molecular complexity index is 533. The highest BCUT2D eigenvalue weighted by molar-refractivity contribution is 6.31. The third-order valence-electron chi connectivity index (χ3n) is 2.92. The molecule has 5 heteroatoms. The highest BCUT2D eigenvalue weighted by Crippen LogP contribution is 2.45. The van der Waals surface area contributed by atoms with Crippen LogP contribution in [0.3, 0.4) is 0 Å². The molecule has 1 saturated carbocycles. The highest BCUT2D eigenvalue weighted by atomic mass is 35.5. The zero-order valence-electron chi connectivity index (χ0n) is 8.31. The number of rotatable bonds is 1. The molecule has 1 aliphatic carbocycles. The quantitative estimate of drug-likeness (QED) is 0.805. The van der Waals surface area contributed by atoms with Gasteiger partial charge in [0.05, 0.1) is 5.02 Å². The third-order valence-corrected chi connectivity index (χ3v) is 3.13. The van der Waals surface area contributed by atoms with Gasteiger partial charge < -0.3 is 5.73 Å². The van der Waals surface area contributed by atoms with Crippen LogP contribution in [0.15, 0.2) is 12.3 Å². The molecule has 1 aliphatic rings. The van der Waals surface area contributed by atoms with Crippen molar-refractivity contribution in [2.45, 2.75) is 19.4 Å². The van der Waals surface area contributed by atoms with Gasteiger partial charge in [-0.25, -0.2) is 9.97 Å². The molecule has 0 amide bonds. The molecular formula is C10H11ClN4. The van der Waals surface area contributed by atoms with Crippen molar-refractivity contribution in [3.63, 3.8) is 0 Å². The van der Waals surface area contributed by atoms with E-state index in [9.17, 15) is 0 Å². The third kappa shape index (κ3) is 1.28. The molecule has 2 unspecified atom stereocenters. The number of hydrogen-bond acceptors (Lipinski definition) is 3. The van der Waals surface area contributed by atoms with Gasteiger partial charge in [0.1, 0.15) is 5.52 Å². The van der Waals surface area contributed by atoms with Crippen LogP contribution in [0.2, 0.25) is 5.02 Å². The standard InChI is InChI=1S/C10H11ClN4/c1-5-2-8(5)15-9-7(14-10(15)12)3-6(11)4-13-9/h3-5,8H,2H2,1H3,(H2,12,14). The van der Waals surface area contributed by atoms with Crippen LogP contribution in [0.1, 0.15) is 19.4 Å². The molecule has 2 atom stereocenters. The smallest absolute Gasteiger partial charge is 0.202 e. The Morgan fingerprint density at radius 3 is 3.00 bits per heavy atom. The summed E-state index contributed by atoms with van der Waals surface area (Å²) in [6.45, 7) is 2.20. The van der Waals surface area contributed by atoms with Crippen LogP contribution in [-0.2, 0) is 0 Å². The van der Waals surface area contributed by atoms with Gasteiger partial charge in [-0.05, 0) is 18.4 Å². The van der Waals surface area contributed by atoms with Crippen molar-refractivity contribution in [2.24, 2.45) is 5.92 Å². The molecule has 0 spiro atoms. The Kier molecular flexibility index (Phi) is 1.71. The Morgan fingerprint density at radius 2 is 2.33 bits per heavy atom. The van der Waals surface area contributed by atoms with Crippen molar-refractivity contribution in [3.05, 3.63) is 17.3 Å². The first-order chi connectivity index (χ1) is 7.16. The fourth-order valence-corrected chi connectivity index (χ4v) is 2.12. The molecule has 78 valence electrons. The molecule has 0 aromatic carbocycles. The minimum absolute atomic E-state index is 0.462. The highest BCUT2D eigenvalue weighted by Gasteiger charge is 2.37. The van der Waals surface area contributed by atoms with Crippen LogP contribution < -0.4 is 5.73 Å². The summed E-state index contributed by atoms with van der Waals surface area (Å²) in [6.07, 6.45) is 2.79. The van der Waals surface area contributed by atoms with Crippen LogP contribution in [0.4, 0.5) is 5.95 Å². The summed E-state index contributed by atoms with van der Waals surface area (Å²) in [7, 11) is 0. The van der Waals surface area contributed by atoms with Crippen molar-refractivity contribution < 1.29 is 0 Å². The van der Waals surface area contributed by atoms with Crippen molar-refractivity contribution in [1.82, 2.24) is 14.5 Å². The summed E-state index contributed by atoms with van der Waals surface area (Å²) in [5, 5.41) is 0.594.